The summed E-state index contributed by atoms with van der Waals surface area (Å²) in [7, 11) is 0. The van der Waals surface area contributed by atoms with Gasteiger partial charge in [-0.3, -0.25) is 14.3 Å². The Morgan fingerprint density at radius 1 is 1.06 bits per heavy atom. The number of carbonyl (C=O) groups is 2. The molecule has 0 radical (unpaired) electrons. The molecule has 0 saturated carbocycles. The topological polar surface area (TPSA) is 64.4 Å². The van der Waals surface area contributed by atoms with Gasteiger partial charge in [0.05, 0.1) is 24.6 Å². The van der Waals surface area contributed by atoms with Crippen molar-refractivity contribution in [2.24, 2.45) is 5.92 Å². The second kappa shape index (κ2) is 9.60. The molecule has 0 spiro atoms. The van der Waals surface area contributed by atoms with E-state index >= 15 is 0 Å². The molecular formula is C25H27N3O3. The Bertz CT molecular complexity index is 1030. The highest BCUT2D eigenvalue weighted by Crippen LogP contribution is 2.26. The van der Waals surface area contributed by atoms with Gasteiger partial charge in [0.15, 0.2) is 0 Å². The molecule has 4 rings (SSSR count). The molecule has 0 aliphatic carbocycles. The van der Waals surface area contributed by atoms with Gasteiger partial charge in [-0.25, -0.2) is 0 Å². The quantitative estimate of drug-likeness (QED) is 0.569. The van der Waals surface area contributed by atoms with Crippen LogP contribution < -0.4 is 0 Å². The lowest BCUT2D eigenvalue weighted by Crippen LogP contribution is -2.42. The lowest BCUT2D eigenvalue weighted by molar-refractivity contribution is -0.149. The zero-order chi connectivity index (χ0) is 21.6. The predicted octanol–water partition coefficient (Wildman–Crippen LogP) is 4.01. The third kappa shape index (κ3) is 4.85. The molecule has 0 bridgehead atoms. The predicted molar refractivity (Wildman–Crippen MR) is 118 cm³/mol. The van der Waals surface area contributed by atoms with Gasteiger partial charge < -0.3 is 9.64 Å². The molecule has 1 aliphatic heterocycles. The van der Waals surface area contributed by atoms with Crippen molar-refractivity contribution >= 4 is 11.9 Å². The first kappa shape index (κ1) is 20.8. The highest BCUT2D eigenvalue weighted by atomic mass is 16.5. The fraction of sp³-hybridized carbons (Fsp3) is 0.320. The first-order valence-electron chi connectivity index (χ1n) is 10.8. The van der Waals surface area contributed by atoms with Crippen LogP contribution in [-0.4, -0.2) is 46.3 Å². The van der Waals surface area contributed by atoms with Gasteiger partial charge in [0.1, 0.15) is 5.69 Å². The molecule has 0 unspecified atom stereocenters. The van der Waals surface area contributed by atoms with Gasteiger partial charge in [0.25, 0.3) is 5.91 Å². The van der Waals surface area contributed by atoms with Crippen LogP contribution in [0.5, 0.6) is 0 Å². The molecule has 6 nitrogen and oxygen atoms in total. The smallest absolute Gasteiger partial charge is 0.310 e. The second-order valence-corrected chi connectivity index (χ2v) is 7.78. The van der Waals surface area contributed by atoms with Crippen molar-refractivity contribution in [2.45, 2.75) is 26.3 Å². The van der Waals surface area contributed by atoms with Crippen LogP contribution in [0, 0.1) is 5.92 Å². The monoisotopic (exact) mass is 417 g/mol. The molecule has 1 amide bonds. The Hall–Kier alpha value is -3.41. The zero-order valence-corrected chi connectivity index (χ0v) is 17.7. The van der Waals surface area contributed by atoms with Gasteiger partial charge in [0, 0.05) is 24.8 Å². The minimum absolute atomic E-state index is 0.0906. The number of esters is 1. The molecule has 2 aromatic carbocycles. The molecule has 2 heterocycles. The third-order valence-corrected chi connectivity index (χ3v) is 5.56. The summed E-state index contributed by atoms with van der Waals surface area (Å²) in [6.07, 6.45) is 3.36. The van der Waals surface area contributed by atoms with Crippen molar-refractivity contribution in [2.75, 3.05) is 19.7 Å². The van der Waals surface area contributed by atoms with Crippen LogP contribution in [0.15, 0.2) is 66.9 Å². The Kier molecular flexibility index (Phi) is 6.46. The van der Waals surface area contributed by atoms with Crippen molar-refractivity contribution in [3.63, 3.8) is 0 Å². The molecule has 1 saturated heterocycles. The molecule has 1 fully saturated rings. The van der Waals surface area contributed by atoms with E-state index < -0.39 is 0 Å². The molecule has 0 N–H and O–H groups in total. The van der Waals surface area contributed by atoms with Crippen molar-refractivity contribution < 1.29 is 14.3 Å². The summed E-state index contributed by atoms with van der Waals surface area (Å²) < 4.78 is 7.00. The Morgan fingerprint density at radius 3 is 2.48 bits per heavy atom. The number of amides is 1. The second-order valence-electron chi connectivity index (χ2n) is 7.78. The summed E-state index contributed by atoms with van der Waals surface area (Å²) in [4.78, 5) is 27.5. The largest absolute Gasteiger partial charge is 0.466 e. The van der Waals surface area contributed by atoms with E-state index in [1.807, 2.05) is 71.5 Å². The van der Waals surface area contributed by atoms with E-state index in [1.165, 1.54) is 0 Å². The van der Waals surface area contributed by atoms with Crippen molar-refractivity contribution in [3.8, 4) is 11.3 Å². The number of benzene rings is 2. The Morgan fingerprint density at radius 2 is 1.77 bits per heavy atom. The summed E-state index contributed by atoms with van der Waals surface area (Å²) >= 11 is 0. The molecule has 3 aromatic rings. The molecule has 31 heavy (non-hydrogen) atoms. The van der Waals surface area contributed by atoms with Gasteiger partial charge in [-0.05, 0) is 25.3 Å². The van der Waals surface area contributed by atoms with Gasteiger partial charge in [0.2, 0.25) is 0 Å². The lowest BCUT2D eigenvalue weighted by Gasteiger charge is -2.31. The minimum atomic E-state index is -0.266. The Balaban J connectivity index is 1.62. The van der Waals surface area contributed by atoms with Crippen LogP contribution in [-0.2, 0) is 16.1 Å². The van der Waals surface area contributed by atoms with Crippen molar-refractivity contribution in [1.29, 1.82) is 0 Å². The molecular weight excluding hydrogens is 390 g/mol. The molecule has 1 aromatic heterocycles. The van der Waals surface area contributed by atoms with E-state index in [1.54, 1.807) is 11.8 Å². The van der Waals surface area contributed by atoms with Gasteiger partial charge in [-0.1, -0.05) is 60.7 Å². The summed E-state index contributed by atoms with van der Waals surface area (Å²) in [6, 6.07) is 19.8. The van der Waals surface area contributed by atoms with Crippen molar-refractivity contribution in [1.82, 2.24) is 14.7 Å². The number of aromatic nitrogens is 2. The highest BCUT2D eigenvalue weighted by molar-refractivity contribution is 6.00. The van der Waals surface area contributed by atoms with Gasteiger partial charge in [-0.2, -0.15) is 5.10 Å². The van der Waals surface area contributed by atoms with Crippen LogP contribution in [0.2, 0.25) is 0 Å². The minimum Gasteiger partial charge on any atom is -0.466 e. The lowest BCUT2D eigenvalue weighted by atomic mass is 9.97. The summed E-state index contributed by atoms with van der Waals surface area (Å²) in [5, 5.41) is 4.75. The Labute approximate surface area is 182 Å². The van der Waals surface area contributed by atoms with E-state index in [-0.39, 0.29) is 17.8 Å². The summed E-state index contributed by atoms with van der Waals surface area (Å²) in [5.74, 6) is -0.576. The van der Waals surface area contributed by atoms with Crippen LogP contribution in [0.4, 0.5) is 0 Å². The maximum atomic E-state index is 13.5. The molecule has 1 atom stereocenters. The third-order valence-electron chi connectivity index (χ3n) is 5.56. The number of nitrogens with zero attached hydrogens (tertiary/aromatic N) is 3. The maximum Gasteiger partial charge on any atom is 0.310 e. The van der Waals surface area contributed by atoms with Crippen LogP contribution in [0.1, 0.15) is 35.7 Å². The van der Waals surface area contributed by atoms with E-state index in [0.29, 0.717) is 37.5 Å². The van der Waals surface area contributed by atoms with E-state index in [0.717, 1.165) is 24.0 Å². The van der Waals surface area contributed by atoms with Crippen LogP contribution >= 0.6 is 0 Å². The average Bonchev–Trinajstić information content (AvgIpc) is 3.24. The fourth-order valence-electron chi connectivity index (χ4n) is 4.02. The van der Waals surface area contributed by atoms with Gasteiger partial charge >= 0.3 is 5.97 Å². The number of hydrogen-bond acceptors (Lipinski definition) is 4. The first-order chi connectivity index (χ1) is 15.2. The van der Waals surface area contributed by atoms with Gasteiger partial charge in [-0.15, -0.1) is 0 Å². The van der Waals surface area contributed by atoms with E-state index in [2.05, 4.69) is 0 Å². The van der Waals surface area contributed by atoms with E-state index in [4.69, 9.17) is 9.84 Å². The number of rotatable bonds is 6. The normalized spacial score (nSPS) is 16.2. The highest BCUT2D eigenvalue weighted by Gasteiger charge is 2.31. The number of hydrogen-bond donors (Lipinski definition) is 0. The number of ether oxygens (including phenoxy) is 1. The molecule has 1 aliphatic rings. The summed E-state index contributed by atoms with van der Waals surface area (Å²) in [5.41, 5.74) is 3.24. The first-order valence-corrected chi connectivity index (χ1v) is 10.8. The maximum absolute atomic E-state index is 13.5. The number of carbonyl (C=O) groups excluding carboxylic acids is 2. The average molecular weight is 418 g/mol. The van der Waals surface area contributed by atoms with Crippen LogP contribution in [0.3, 0.4) is 0 Å². The standard InChI is InChI=1S/C25H27N3O3/c1-2-31-25(30)21-14-9-15-27(17-21)24(29)22-18-28(16-19-10-5-3-6-11-19)26-23(22)20-12-7-4-8-13-20/h3-8,10-13,18,21H,2,9,14-17H2,1H3/t21-/m0/s1. The number of piperidine rings is 1. The SMILES string of the molecule is CCOC(=O)[C@H]1CCCN(C(=O)c2cn(Cc3ccccc3)nc2-c2ccccc2)C1. The summed E-state index contributed by atoms with van der Waals surface area (Å²) in [6.45, 7) is 3.76. The van der Waals surface area contributed by atoms with E-state index in [9.17, 15) is 9.59 Å². The number of likely N-dealkylation sites (tertiary alicyclic amines) is 1. The fourth-order valence-corrected chi connectivity index (χ4v) is 4.02. The molecule has 160 valence electrons. The molecule has 6 heteroatoms. The van der Waals surface area contributed by atoms with Crippen LogP contribution in [0.25, 0.3) is 11.3 Å². The van der Waals surface area contributed by atoms with Crippen molar-refractivity contribution in [3.05, 3.63) is 78.0 Å². The zero-order valence-electron chi connectivity index (χ0n) is 17.7.